The van der Waals surface area contributed by atoms with Gasteiger partial charge in [-0.1, -0.05) is 0 Å². The van der Waals surface area contributed by atoms with Crippen molar-refractivity contribution >= 4 is 11.8 Å². The SMILES string of the molecule is CCOC(=O)C1CCN(CC(O)COc2ccc(C(C)=O)cc2)CC1.[Cl-]. The molecule has 1 aliphatic heterocycles. The molecule has 0 bridgehead atoms. The predicted octanol–water partition coefficient (Wildman–Crippen LogP) is -1.09. The zero-order chi connectivity index (χ0) is 18.2. The van der Waals surface area contributed by atoms with Gasteiger partial charge in [0.05, 0.1) is 12.5 Å². The summed E-state index contributed by atoms with van der Waals surface area (Å²) in [4.78, 5) is 25.1. The molecule has 0 aromatic heterocycles. The largest absolute Gasteiger partial charge is 1.00 e. The van der Waals surface area contributed by atoms with E-state index < -0.39 is 6.10 Å². The van der Waals surface area contributed by atoms with Gasteiger partial charge in [0.1, 0.15) is 18.5 Å². The number of hydrogen-bond acceptors (Lipinski definition) is 6. The van der Waals surface area contributed by atoms with Gasteiger partial charge < -0.3 is 31.9 Å². The summed E-state index contributed by atoms with van der Waals surface area (Å²) in [5.41, 5.74) is 0.636. The normalized spacial score (nSPS) is 16.4. The van der Waals surface area contributed by atoms with E-state index in [2.05, 4.69) is 4.90 Å². The van der Waals surface area contributed by atoms with Crippen LogP contribution in [-0.4, -0.2) is 60.7 Å². The van der Waals surface area contributed by atoms with Crippen LogP contribution in [0.25, 0.3) is 0 Å². The average Bonchev–Trinajstić information content (AvgIpc) is 2.61. The lowest BCUT2D eigenvalue weighted by atomic mass is 9.97. The van der Waals surface area contributed by atoms with E-state index in [-0.39, 0.29) is 36.7 Å². The van der Waals surface area contributed by atoms with Gasteiger partial charge in [0.2, 0.25) is 0 Å². The molecule has 1 aliphatic rings. The summed E-state index contributed by atoms with van der Waals surface area (Å²) in [6, 6.07) is 6.89. The smallest absolute Gasteiger partial charge is 0.309 e. The molecule has 1 saturated heterocycles. The number of nitrogens with zero attached hydrogens (tertiary/aromatic N) is 1. The van der Waals surface area contributed by atoms with Crippen LogP contribution in [0.2, 0.25) is 0 Å². The van der Waals surface area contributed by atoms with Crippen LogP contribution in [0.4, 0.5) is 0 Å². The Labute approximate surface area is 160 Å². The van der Waals surface area contributed by atoms with Crippen LogP contribution in [0.1, 0.15) is 37.0 Å². The number of carbonyl (C=O) groups excluding carboxylic acids is 2. The summed E-state index contributed by atoms with van der Waals surface area (Å²) < 4.78 is 10.6. The second-order valence-electron chi connectivity index (χ2n) is 6.37. The highest BCUT2D eigenvalue weighted by atomic mass is 35.5. The number of rotatable bonds is 8. The van der Waals surface area contributed by atoms with Crippen molar-refractivity contribution in [3.8, 4) is 5.75 Å². The first-order valence-electron chi connectivity index (χ1n) is 8.80. The number of ether oxygens (including phenoxy) is 2. The summed E-state index contributed by atoms with van der Waals surface area (Å²) >= 11 is 0. The number of piperidine rings is 1. The van der Waals surface area contributed by atoms with Gasteiger partial charge in [-0.15, -0.1) is 0 Å². The molecule has 1 fully saturated rings. The molecule has 0 radical (unpaired) electrons. The van der Waals surface area contributed by atoms with Crippen molar-refractivity contribution in [3.05, 3.63) is 29.8 Å². The number of aliphatic hydroxyl groups excluding tert-OH is 1. The number of esters is 1. The van der Waals surface area contributed by atoms with Gasteiger partial charge in [0, 0.05) is 12.1 Å². The molecule has 1 heterocycles. The molecule has 1 unspecified atom stereocenters. The second kappa shape index (κ2) is 11.2. The lowest BCUT2D eigenvalue weighted by Gasteiger charge is -2.32. The standard InChI is InChI=1S/C19H27NO5.ClH/c1-3-24-19(23)16-8-10-20(11-9-16)12-17(22)13-25-18-6-4-15(5-7-18)14(2)21;/h4-7,16-17,22H,3,8-13H2,1-2H3;1H/p-1. The molecular formula is C19H27ClNO5-. The summed E-state index contributed by atoms with van der Waals surface area (Å²) in [6.45, 7) is 6.00. The maximum absolute atomic E-state index is 11.7. The Morgan fingerprint density at radius 1 is 1.23 bits per heavy atom. The molecule has 6 nitrogen and oxygen atoms in total. The monoisotopic (exact) mass is 384 g/mol. The Kier molecular flexibility index (Phi) is 9.62. The van der Waals surface area contributed by atoms with Gasteiger partial charge in [0.25, 0.3) is 0 Å². The van der Waals surface area contributed by atoms with Crippen LogP contribution in [0.3, 0.4) is 0 Å². The Bertz CT molecular complexity index is 570. The third-order valence-corrected chi connectivity index (χ3v) is 4.38. The van der Waals surface area contributed by atoms with E-state index in [0.29, 0.717) is 24.5 Å². The zero-order valence-corrected chi connectivity index (χ0v) is 16.1. The van der Waals surface area contributed by atoms with Gasteiger partial charge in [-0.25, -0.2) is 0 Å². The van der Waals surface area contributed by atoms with Crippen molar-refractivity contribution in [2.24, 2.45) is 5.92 Å². The first kappa shape index (κ1) is 22.4. The molecule has 146 valence electrons. The first-order chi connectivity index (χ1) is 12.0. The minimum atomic E-state index is -0.605. The molecule has 0 aliphatic carbocycles. The third kappa shape index (κ3) is 6.94. The Morgan fingerprint density at radius 2 is 1.85 bits per heavy atom. The molecule has 7 heteroatoms. The molecule has 1 aromatic rings. The van der Waals surface area contributed by atoms with E-state index in [0.717, 1.165) is 25.9 Å². The van der Waals surface area contributed by atoms with Gasteiger partial charge in [0.15, 0.2) is 5.78 Å². The minimum Gasteiger partial charge on any atom is -1.00 e. The van der Waals surface area contributed by atoms with Crippen molar-refractivity contribution in [2.75, 3.05) is 32.8 Å². The number of hydrogen-bond donors (Lipinski definition) is 1. The van der Waals surface area contributed by atoms with Crippen molar-refractivity contribution < 1.29 is 36.6 Å². The molecule has 0 amide bonds. The zero-order valence-electron chi connectivity index (χ0n) is 15.3. The number of ketones is 1. The van der Waals surface area contributed by atoms with Crippen LogP contribution in [0.15, 0.2) is 24.3 Å². The second-order valence-corrected chi connectivity index (χ2v) is 6.37. The van der Waals surface area contributed by atoms with E-state index in [9.17, 15) is 14.7 Å². The maximum atomic E-state index is 11.7. The van der Waals surface area contributed by atoms with Crippen molar-refractivity contribution in [1.82, 2.24) is 4.90 Å². The number of carbonyl (C=O) groups is 2. The van der Waals surface area contributed by atoms with Crippen molar-refractivity contribution in [3.63, 3.8) is 0 Å². The molecule has 26 heavy (non-hydrogen) atoms. The third-order valence-electron chi connectivity index (χ3n) is 4.38. The minimum absolute atomic E-state index is 0. The number of β-amino-alcohol motifs (C(OH)–C–C–N with tert-alkyl or cyclic N) is 1. The molecule has 1 N–H and O–H groups in total. The van der Waals surface area contributed by atoms with Crippen LogP contribution in [0.5, 0.6) is 5.75 Å². The van der Waals surface area contributed by atoms with Gasteiger partial charge in [-0.2, -0.15) is 0 Å². The fourth-order valence-electron chi connectivity index (χ4n) is 2.94. The van der Waals surface area contributed by atoms with Crippen molar-refractivity contribution in [2.45, 2.75) is 32.8 Å². The van der Waals surface area contributed by atoms with Gasteiger partial charge in [-0.05, 0) is 64.0 Å². The summed E-state index contributed by atoms with van der Waals surface area (Å²) in [7, 11) is 0. The fraction of sp³-hybridized carbons (Fsp3) is 0.579. The maximum Gasteiger partial charge on any atom is 0.309 e. The summed E-state index contributed by atoms with van der Waals surface area (Å²) in [5, 5.41) is 10.2. The number of likely N-dealkylation sites (tertiary alicyclic amines) is 1. The van der Waals surface area contributed by atoms with Crippen molar-refractivity contribution in [1.29, 1.82) is 0 Å². The first-order valence-corrected chi connectivity index (χ1v) is 8.80. The lowest BCUT2D eigenvalue weighted by molar-refractivity contribution is -0.149. The van der Waals surface area contributed by atoms with Crippen LogP contribution in [0, 0.1) is 5.92 Å². The number of aliphatic hydroxyl groups is 1. The Balaban J connectivity index is 0.00000338. The van der Waals surface area contributed by atoms with Gasteiger partial charge >= 0.3 is 5.97 Å². The van der Waals surface area contributed by atoms with E-state index in [4.69, 9.17) is 9.47 Å². The summed E-state index contributed by atoms with van der Waals surface area (Å²) in [6.07, 6.45) is 0.921. The van der Waals surface area contributed by atoms with E-state index in [1.807, 2.05) is 6.92 Å². The fourth-order valence-corrected chi connectivity index (χ4v) is 2.94. The quantitative estimate of drug-likeness (QED) is 0.453. The van der Waals surface area contributed by atoms with E-state index in [1.54, 1.807) is 24.3 Å². The summed E-state index contributed by atoms with van der Waals surface area (Å²) in [5.74, 6) is 0.507. The number of Topliss-reactive ketones (excluding diaryl/α,β-unsaturated/α-hetero) is 1. The molecule has 1 atom stereocenters. The Hall–Kier alpha value is -1.63. The average molecular weight is 385 g/mol. The molecule has 0 spiro atoms. The molecular weight excluding hydrogens is 358 g/mol. The van der Waals surface area contributed by atoms with Crippen LogP contribution >= 0.6 is 0 Å². The van der Waals surface area contributed by atoms with E-state index >= 15 is 0 Å². The van der Waals surface area contributed by atoms with E-state index in [1.165, 1.54) is 6.92 Å². The number of halogens is 1. The molecule has 0 saturated carbocycles. The number of benzene rings is 1. The topological polar surface area (TPSA) is 76.1 Å². The molecule has 1 aromatic carbocycles. The molecule has 2 rings (SSSR count). The van der Waals surface area contributed by atoms with Crippen LogP contribution in [-0.2, 0) is 9.53 Å². The van der Waals surface area contributed by atoms with Crippen LogP contribution < -0.4 is 17.1 Å². The Morgan fingerprint density at radius 3 is 2.38 bits per heavy atom. The highest BCUT2D eigenvalue weighted by Gasteiger charge is 2.26. The lowest BCUT2D eigenvalue weighted by Crippen LogP contribution is -3.00. The van der Waals surface area contributed by atoms with Gasteiger partial charge in [-0.3, -0.25) is 9.59 Å². The highest BCUT2D eigenvalue weighted by molar-refractivity contribution is 5.94. The predicted molar refractivity (Wildman–Crippen MR) is 93.7 cm³/mol. The highest BCUT2D eigenvalue weighted by Crippen LogP contribution is 2.19.